The van der Waals surface area contributed by atoms with Crippen LogP contribution in [0.2, 0.25) is 0 Å². The maximum Gasteiger partial charge on any atom is 0.0731 e. The van der Waals surface area contributed by atoms with Crippen LogP contribution in [0.25, 0.3) is 10.9 Å². The van der Waals surface area contributed by atoms with Crippen LogP contribution in [-0.2, 0) is 6.54 Å². The molecule has 2 atom stereocenters. The van der Waals surface area contributed by atoms with E-state index in [-0.39, 0.29) is 12.4 Å². The number of nitrogens with two attached hydrogens (primary N) is 1. The second-order valence-corrected chi connectivity index (χ2v) is 7.19. The minimum atomic E-state index is 0. The molecule has 0 unspecified atom stereocenters. The van der Waals surface area contributed by atoms with Gasteiger partial charge >= 0.3 is 0 Å². The number of likely N-dealkylation sites (tertiary alicyclic amines) is 1. The summed E-state index contributed by atoms with van der Waals surface area (Å²) >= 11 is 0. The van der Waals surface area contributed by atoms with E-state index < -0.39 is 0 Å². The highest BCUT2D eigenvalue weighted by atomic mass is 35.5. The number of aryl methyl sites for hydroxylation is 1. The quantitative estimate of drug-likeness (QED) is 0.753. The number of benzene rings is 2. The van der Waals surface area contributed by atoms with E-state index in [1.54, 1.807) is 0 Å². The number of rotatable bonds is 4. The highest BCUT2D eigenvalue weighted by Gasteiger charge is 2.32. The van der Waals surface area contributed by atoms with E-state index in [1.165, 1.54) is 22.1 Å². The number of fused-ring (bicyclic) bond motifs is 1. The van der Waals surface area contributed by atoms with E-state index in [4.69, 9.17) is 5.73 Å². The Hall–Kier alpha value is -1.94. The minimum Gasteiger partial charge on any atom is -0.330 e. The van der Waals surface area contributed by atoms with E-state index in [2.05, 4.69) is 65.3 Å². The molecule has 0 spiro atoms. The molecule has 4 rings (SSSR count). The minimum absolute atomic E-state index is 0. The average Bonchev–Trinajstić information content (AvgIpc) is 3.05. The summed E-state index contributed by atoms with van der Waals surface area (Å²) < 4.78 is 0. The van der Waals surface area contributed by atoms with Gasteiger partial charge in [0.05, 0.1) is 5.52 Å². The van der Waals surface area contributed by atoms with Crippen LogP contribution < -0.4 is 5.73 Å². The van der Waals surface area contributed by atoms with Gasteiger partial charge in [-0.25, -0.2) is 0 Å². The lowest BCUT2D eigenvalue weighted by atomic mass is 9.89. The Balaban J connectivity index is 0.00000196. The molecule has 1 aromatic heterocycles. The number of aromatic nitrogens is 1. The molecule has 2 heterocycles. The predicted molar refractivity (Wildman–Crippen MR) is 111 cm³/mol. The highest BCUT2D eigenvalue weighted by Crippen LogP contribution is 2.33. The molecule has 3 nitrogen and oxygen atoms in total. The Morgan fingerprint density at radius 3 is 2.65 bits per heavy atom. The van der Waals surface area contributed by atoms with Crippen molar-refractivity contribution in [1.29, 1.82) is 0 Å². The lowest BCUT2D eigenvalue weighted by molar-refractivity contribution is 0.317. The topological polar surface area (TPSA) is 42.1 Å². The van der Waals surface area contributed by atoms with Gasteiger partial charge in [0.1, 0.15) is 0 Å². The normalized spacial score (nSPS) is 20.2. The molecule has 0 aliphatic carbocycles. The third-order valence-corrected chi connectivity index (χ3v) is 5.41. The van der Waals surface area contributed by atoms with Gasteiger partial charge in [0.15, 0.2) is 0 Å². The molecule has 26 heavy (non-hydrogen) atoms. The summed E-state index contributed by atoms with van der Waals surface area (Å²) in [4.78, 5) is 7.05. The fourth-order valence-corrected chi connectivity index (χ4v) is 4.21. The van der Waals surface area contributed by atoms with Gasteiger partial charge in [-0.3, -0.25) is 9.88 Å². The zero-order chi connectivity index (χ0) is 17.2. The van der Waals surface area contributed by atoms with Crippen LogP contribution in [0.15, 0.2) is 60.8 Å². The largest absolute Gasteiger partial charge is 0.330 e. The third-order valence-electron chi connectivity index (χ3n) is 5.41. The number of nitrogens with zero attached hydrogens (tertiary/aromatic N) is 2. The molecule has 1 aliphatic rings. The van der Waals surface area contributed by atoms with Crippen LogP contribution in [0.5, 0.6) is 0 Å². The summed E-state index contributed by atoms with van der Waals surface area (Å²) in [5.41, 5.74) is 11.2. The van der Waals surface area contributed by atoms with Crippen molar-refractivity contribution in [2.24, 2.45) is 11.7 Å². The van der Waals surface area contributed by atoms with E-state index in [0.29, 0.717) is 11.8 Å². The molecule has 0 bridgehead atoms. The van der Waals surface area contributed by atoms with Crippen LogP contribution in [-0.4, -0.2) is 29.5 Å². The zero-order valence-corrected chi connectivity index (χ0v) is 16.0. The maximum absolute atomic E-state index is 6.08. The third kappa shape index (κ3) is 3.75. The molecule has 0 amide bonds. The zero-order valence-electron chi connectivity index (χ0n) is 15.1. The molecule has 136 valence electrons. The molecular formula is C22H26ClN3. The first-order valence-electron chi connectivity index (χ1n) is 9.06. The van der Waals surface area contributed by atoms with Gasteiger partial charge in [-0.1, -0.05) is 42.5 Å². The summed E-state index contributed by atoms with van der Waals surface area (Å²) in [6, 6.07) is 19.5. The summed E-state index contributed by atoms with van der Waals surface area (Å²) in [5, 5.41) is 1.23. The molecule has 1 aliphatic heterocycles. The second-order valence-electron chi connectivity index (χ2n) is 7.19. The van der Waals surface area contributed by atoms with Crippen molar-refractivity contribution in [2.45, 2.75) is 19.4 Å². The molecular weight excluding hydrogens is 342 g/mol. The number of hydrogen-bond acceptors (Lipinski definition) is 3. The SMILES string of the molecule is Cc1cc(CN2C[C@@H](CN)[C@H](c3ccccc3)C2)cc2cccnc12.Cl. The Kier molecular flexibility index (Phi) is 5.92. The first-order chi connectivity index (χ1) is 12.2. The van der Waals surface area contributed by atoms with Gasteiger partial charge in [-0.05, 0) is 48.2 Å². The van der Waals surface area contributed by atoms with Gasteiger partial charge < -0.3 is 5.73 Å². The van der Waals surface area contributed by atoms with Crippen LogP contribution in [0.3, 0.4) is 0 Å². The summed E-state index contributed by atoms with van der Waals surface area (Å²) in [7, 11) is 0. The predicted octanol–water partition coefficient (Wildman–Crippen LogP) is 4.14. The summed E-state index contributed by atoms with van der Waals surface area (Å²) in [5.74, 6) is 1.07. The monoisotopic (exact) mass is 367 g/mol. The Morgan fingerprint density at radius 1 is 1.08 bits per heavy atom. The van der Waals surface area contributed by atoms with E-state index >= 15 is 0 Å². The molecule has 2 N–H and O–H groups in total. The number of halogens is 1. The van der Waals surface area contributed by atoms with Crippen molar-refractivity contribution in [3.05, 3.63) is 77.5 Å². The van der Waals surface area contributed by atoms with Crippen LogP contribution in [0.4, 0.5) is 0 Å². The van der Waals surface area contributed by atoms with E-state index in [1.807, 2.05) is 12.3 Å². The van der Waals surface area contributed by atoms with Crippen molar-refractivity contribution >= 4 is 23.3 Å². The lowest BCUT2D eigenvalue weighted by Crippen LogP contribution is -2.23. The van der Waals surface area contributed by atoms with Crippen LogP contribution in [0.1, 0.15) is 22.6 Å². The second kappa shape index (κ2) is 8.17. The van der Waals surface area contributed by atoms with Gasteiger partial charge in [-0.2, -0.15) is 0 Å². The molecule has 4 heteroatoms. The van der Waals surface area contributed by atoms with Gasteiger partial charge in [0.2, 0.25) is 0 Å². The molecule has 0 radical (unpaired) electrons. The van der Waals surface area contributed by atoms with E-state index in [0.717, 1.165) is 31.7 Å². The van der Waals surface area contributed by atoms with Gasteiger partial charge in [0, 0.05) is 37.1 Å². The van der Waals surface area contributed by atoms with Crippen molar-refractivity contribution in [2.75, 3.05) is 19.6 Å². The van der Waals surface area contributed by atoms with Crippen LogP contribution in [0, 0.1) is 12.8 Å². The van der Waals surface area contributed by atoms with E-state index in [9.17, 15) is 0 Å². The smallest absolute Gasteiger partial charge is 0.0731 e. The standard InChI is InChI=1S/C22H25N3.ClH/c1-16-10-17(11-19-8-5-9-24-22(16)19)13-25-14-20(12-23)21(15-25)18-6-3-2-4-7-18;/h2-11,20-21H,12-15,23H2,1H3;1H/t20-,21+;/m1./s1. The molecule has 1 saturated heterocycles. The number of hydrogen-bond donors (Lipinski definition) is 1. The maximum atomic E-state index is 6.08. The Labute approximate surface area is 161 Å². The lowest BCUT2D eigenvalue weighted by Gasteiger charge is -2.17. The fraction of sp³-hybridized carbons (Fsp3) is 0.318. The Morgan fingerprint density at radius 2 is 1.88 bits per heavy atom. The van der Waals surface area contributed by atoms with Crippen molar-refractivity contribution < 1.29 is 0 Å². The first kappa shape index (κ1) is 18.8. The Bertz CT molecular complexity index is 866. The molecule has 0 saturated carbocycles. The number of pyridine rings is 1. The van der Waals surface area contributed by atoms with Gasteiger partial charge in [0.25, 0.3) is 0 Å². The molecule has 3 aromatic rings. The average molecular weight is 368 g/mol. The fourth-order valence-electron chi connectivity index (χ4n) is 4.21. The first-order valence-corrected chi connectivity index (χ1v) is 9.06. The van der Waals surface area contributed by atoms with Gasteiger partial charge in [-0.15, -0.1) is 12.4 Å². The van der Waals surface area contributed by atoms with Crippen molar-refractivity contribution in [1.82, 2.24) is 9.88 Å². The van der Waals surface area contributed by atoms with Crippen LogP contribution >= 0.6 is 12.4 Å². The van der Waals surface area contributed by atoms with Crippen molar-refractivity contribution in [3.63, 3.8) is 0 Å². The summed E-state index contributed by atoms with van der Waals surface area (Å²) in [6.45, 7) is 6.02. The molecule has 2 aromatic carbocycles. The molecule has 1 fully saturated rings. The van der Waals surface area contributed by atoms with Crippen molar-refractivity contribution in [3.8, 4) is 0 Å². The summed E-state index contributed by atoms with van der Waals surface area (Å²) in [6.07, 6.45) is 1.87. The highest BCUT2D eigenvalue weighted by molar-refractivity contribution is 5.85.